The van der Waals surface area contributed by atoms with E-state index in [4.69, 9.17) is 0 Å². The molecular weight excluding hydrogens is 88.2 g/mol. The van der Waals surface area contributed by atoms with Gasteiger partial charge < -0.3 is 0 Å². The average Bonchev–Trinajstić information content (AvgIpc) is 1.37. The topological polar surface area (TPSA) is 17.1 Å². The van der Waals surface area contributed by atoms with Gasteiger partial charge in [0.2, 0.25) is 0 Å². The van der Waals surface area contributed by atoms with Crippen LogP contribution in [0.1, 0.15) is 0 Å². The van der Waals surface area contributed by atoms with Gasteiger partial charge in [-0.15, -0.1) is 0 Å². The molecule has 0 rings (SSSR count). The van der Waals surface area contributed by atoms with Gasteiger partial charge in [0.1, 0.15) is 0 Å². The van der Waals surface area contributed by atoms with Gasteiger partial charge in [-0.25, -0.2) is 4.21 Å². The number of hydrogen-bond donors (Lipinski definition) is 0. The van der Waals surface area contributed by atoms with E-state index in [1.807, 2.05) is 0 Å². The highest BCUT2D eigenvalue weighted by atomic mass is 32.1. The molecule has 0 aromatic heterocycles. The fourth-order valence-corrected chi connectivity index (χ4v) is 0. The minimum Gasteiger partial charge on any atom is -0.213 e. The summed E-state index contributed by atoms with van der Waals surface area (Å²) in [7, 11) is 0.915. The second kappa shape index (κ2) is 3.11. The van der Waals surface area contributed by atoms with Crippen LogP contribution in [0.5, 0.6) is 0 Å². The summed E-state index contributed by atoms with van der Waals surface area (Å²) in [6.07, 6.45) is 0. The summed E-state index contributed by atoms with van der Waals surface area (Å²) >= 11 is 0.543. The maximum atomic E-state index is 9.19. The van der Waals surface area contributed by atoms with E-state index in [9.17, 15) is 4.21 Å². The Labute approximate surface area is 31.5 Å². The Morgan fingerprint density at radius 2 is 2.25 bits per heavy atom. The summed E-state index contributed by atoms with van der Waals surface area (Å²) < 4.78 is 9.19. The minimum absolute atomic E-state index is 0.543. The van der Waals surface area contributed by atoms with Gasteiger partial charge in [0.25, 0.3) is 0 Å². The van der Waals surface area contributed by atoms with Crippen molar-refractivity contribution in [3.05, 3.63) is 0 Å². The summed E-state index contributed by atoms with van der Waals surface area (Å²) in [4.78, 5) is 1.62. The molecule has 0 heterocycles. The molecule has 0 aliphatic heterocycles. The van der Waals surface area contributed by atoms with Crippen molar-refractivity contribution < 1.29 is 4.21 Å². The molecule has 0 N–H and O–H groups in total. The SMILES string of the molecule is O=S=C[SiH3]. The van der Waals surface area contributed by atoms with Crippen molar-refractivity contribution in [1.29, 1.82) is 0 Å². The zero-order valence-electron chi connectivity index (χ0n) is 2.39. The lowest BCUT2D eigenvalue weighted by Crippen LogP contribution is -1.56. The van der Waals surface area contributed by atoms with Crippen molar-refractivity contribution in [2.75, 3.05) is 0 Å². The van der Waals surface area contributed by atoms with Crippen LogP contribution < -0.4 is 0 Å². The number of hydrogen-bond acceptors (Lipinski definition) is 1. The maximum absolute atomic E-state index is 9.19. The molecule has 0 amide bonds. The average molecular weight is 92.2 g/mol. The highest BCUT2D eigenvalue weighted by molar-refractivity contribution is 7.67. The smallest absolute Gasteiger partial charge is 0.0785 e. The Hall–Kier alpha value is 0.107. The third kappa shape index (κ3) is 2.11. The molecule has 0 bridgehead atoms. The van der Waals surface area contributed by atoms with E-state index in [0.717, 1.165) is 10.2 Å². The van der Waals surface area contributed by atoms with Crippen LogP contribution in [0.15, 0.2) is 0 Å². The van der Waals surface area contributed by atoms with Crippen LogP contribution in [-0.2, 0) is 11.3 Å². The van der Waals surface area contributed by atoms with E-state index in [0.29, 0.717) is 11.3 Å². The van der Waals surface area contributed by atoms with Crippen LogP contribution in [-0.4, -0.2) is 19.4 Å². The molecule has 24 valence electrons. The molecule has 0 aromatic rings. The lowest BCUT2D eigenvalue weighted by atomic mass is 11.9. The van der Waals surface area contributed by atoms with Crippen molar-refractivity contribution in [1.82, 2.24) is 0 Å². The van der Waals surface area contributed by atoms with Crippen LogP contribution in [0.25, 0.3) is 0 Å². The Balaban J connectivity index is 3.11. The van der Waals surface area contributed by atoms with Gasteiger partial charge in [-0.3, -0.25) is 0 Å². The normalized spacial score (nSPS) is 6.00. The molecule has 0 saturated heterocycles. The van der Waals surface area contributed by atoms with E-state index in [1.165, 1.54) is 0 Å². The fraction of sp³-hybridized carbons (Fsp3) is 0. The molecule has 1 nitrogen and oxygen atoms in total. The largest absolute Gasteiger partial charge is 0.213 e. The van der Waals surface area contributed by atoms with Crippen LogP contribution in [0.2, 0.25) is 0 Å². The van der Waals surface area contributed by atoms with E-state index in [2.05, 4.69) is 0 Å². The van der Waals surface area contributed by atoms with E-state index < -0.39 is 0 Å². The minimum atomic E-state index is 0.543. The van der Waals surface area contributed by atoms with Gasteiger partial charge in [0.05, 0.1) is 11.3 Å². The van der Waals surface area contributed by atoms with E-state index in [1.54, 1.807) is 4.99 Å². The Kier molecular flexibility index (Phi) is 3.19. The highest BCUT2D eigenvalue weighted by Crippen LogP contribution is 1.09. The van der Waals surface area contributed by atoms with Gasteiger partial charge in [-0.2, -0.15) is 0 Å². The second-order valence-electron chi connectivity index (χ2n) is 0.332. The monoisotopic (exact) mass is 92.0 g/mol. The number of rotatable bonds is 0. The summed E-state index contributed by atoms with van der Waals surface area (Å²) in [5, 5.41) is 0. The summed E-state index contributed by atoms with van der Waals surface area (Å²) in [5.74, 6) is 0. The third-order valence-electron chi connectivity index (χ3n) is 0.0962. The quantitative estimate of drug-likeness (QED) is 0.258. The van der Waals surface area contributed by atoms with Crippen molar-refractivity contribution in [2.45, 2.75) is 0 Å². The first kappa shape index (κ1) is 4.11. The summed E-state index contributed by atoms with van der Waals surface area (Å²) in [6, 6.07) is 0. The molecule has 0 saturated carbocycles. The maximum Gasteiger partial charge on any atom is 0.0785 e. The predicted octanol–water partition coefficient (Wildman–Crippen LogP) is -1.68. The lowest BCUT2D eigenvalue weighted by molar-refractivity contribution is 0.701. The molecule has 0 unspecified atom stereocenters. The Morgan fingerprint density at radius 1 is 2.00 bits per heavy atom. The van der Waals surface area contributed by atoms with Gasteiger partial charge in [0, 0.05) is 10.2 Å². The first-order valence-electron chi connectivity index (χ1n) is 0.980. The molecule has 0 radical (unpaired) electrons. The van der Waals surface area contributed by atoms with Crippen LogP contribution in [0.4, 0.5) is 0 Å². The molecule has 0 fully saturated rings. The fourth-order valence-electron chi connectivity index (χ4n) is 0. The molecule has 0 aromatic carbocycles. The van der Waals surface area contributed by atoms with Gasteiger partial charge in [-0.1, -0.05) is 0 Å². The molecule has 0 aliphatic carbocycles. The summed E-state index contributed by atoms with van der Waals surface area (Å²) in [5.41, 5.74) is 0. The van der Waals surface area contributed by atoms with Crippen LogP contribution in [0.3, 0.4) is 0 Å². The molecule has 0 atom stereocenters. The zero-order chi connectivity index (χ0) is 3.41. The van der Waals surface area contributed by atoms with E-state index in [-0.39, 0.29) is 0 Å². The van der Waals surface area contributed by atoms with E-state index >= 15 is 0 Å². The van der Waals surface area contributed by atoms with Gasteiger partial charge >= 0.3 is 0 Å². The van der Waals surface area contributed by atoms with Crippen molar-refractivity contribution >= 4 is 26.5 Å². The first-order valence-corrected chi connectivity index (χ1v) is 2.94. The van der Waals surface area contributed by atoms with Crippen LogP contribution in [0, 0.1) is 0 Å². The van der Waals surface area contributed by atoms with Crippen molar-refractivity contribution in [2.24, 2.45) is 0 Å². The second-order valence-corrected chi connectivity index (χ2v) is 2.41. The van der Waals surface area contributed by atoms with Gasteiger partial charge in [-0.05, 0) is 4.99 Å². The lowest BCUT2D eigenvalue weighted by Gasteiger charge is -1.30. The predicted molar refractivity (Wildman–Crippen MR) is 24.1 cm³/mol. The Bertz CT molecular complexity index is 46.0. The molecule has 3 heteroatoms. The molecule has 0 aliphatic rings. The van der Waals surface area contributed by atoms with Gasteiger partial charge in [0.15, 0.2) is 0 Å². The molecular formula is CH4OSSi. The Morgan fingerprint density at radius 3 is 2.25 bits per heavy atom. The summed E-state index contributed by atoms with van der Waals surface area (Å²) in [6.45, 7) is 0. The molecule has 0 spiro atoms. The zero-order valence-corrected chi connectivity index (χ0v) is 5.21. The standard InChI is InChI=1S/CH4OSSi/c2-3-1-4/h1H,4H3. The molecule has 4 heavy (non-hydrogen) atoms. The third-order valence-corrected chi connectivity index (χ3v) is 0.866. The highest BCUT2D eigenvalue weighted by Gasteiger charge is 1.32. The van der Waals surface area contributed by atoms with Crippen LogP contribution >= 0.6 is 0 Å². The first-order chi connectivity index (χ1) is 1.91. The van der Waals surface area contributed by atoms with Crippen molar-refractivity contribution in [3.63, 3.8) is 0 Å². The van der Waals surface area contributed by atoms with Crippen molar-refractivity contribution in [3.8, 4) is 0 Å².